The molecule has 2 N–H and O–H groups in total. The number of carbonyl (C=O) groups is 2. The molecular weight excluding hydrogens is 433 g/mol. The molecule has 2 atom stereocenters. The van der Waals surface area contributed by atoms with E-state index in [1.165, 1.54) is 0 Å². The van der Waals surface area contributed by atoms with E-state index in [-0.39, 0.29) is 5.91 Å². The smallest absolute Gasteiger partial charge is 0.307 e. The van der Waals surface area contributed by atoms with Crippen molar-refractivity contribution in [3.63, 3.8) is 0 Å². The van der Waals surface area contributed by atoms with Crippen LogP contribution >= 0.6 is 22.6 Å². The normalized spacial score (nSPS) is 12.9. The Hall–Kier alpha value is -2.09. The molecule has 0 radical (unpaired) electrons. The van der Waals surface area contributed by atoms with Gasteiger partial charge in [-0.3, -0.25) is 9.59 Å². The van der Waals surface area contributed by atoms with Gasteiger partial charge in [0.05, 0.1) is 18.9 Å². The first-order chi connectivity index (χ1) is 11.9. The molecule has 2 aromatic carbocycles. The van der Waals surface area contributed by atoms with Gasteiger partial charge in [0.15, 0.2) is 0 Å². The van der Waals surface area contributed by atoms with Crippen molar-refractivity contribution in [1.29, 1.82) is 0 Å². The SMILES string of the molecule is COc1ccc(C[C@@H](C(=O)Nc2ccc(I)cc2)[C@H](C)C(=O)O)cc1. The average molecular weight is 453 g/mol. The minimum atomic E-state index is -0.990. The predicted octanol–water partition coefficient (Wildman–Crippen LogP) is 3.82. The van der Waals surface area contributed by atoms with Crippen molar-refractivity contribution in [2.75, 3.05) is 12.4 Å². The number of carbonyl (C=O) groups excluding carboxylic acids is 1. The fourth-order valence-corrected chi connectivity index (χ4v) is 2.81. The van der Waals surface area contributed by atoms with Crippen LogP contribution in [0.25, 0.3) is 0 Å². The summed E-state index contributed by atoms with van der Waals surface area (Å²) in [6.45, 7) is 1.56. The van der Waals surface area contributed by atoms with Crippen molar-refractivity contribution in [2.45, 2.75) is 13.3 Å². The summed E-state index contributed by atoms with van der Waals surface area (Å²) in [6.07, 6.45) is 0.341. The maximum atomic E-state index is 12.7. The Bertz CT molecular complexity index is 728. The number of aliphatic carboxylic acids is 1. The number of carboxylic acids is 1. The van der Waals surface area contributed by atoms with Crippen LogP contribution in [0.3, 0.4) is 0 Å². The van der Waals surface area contributed by atoms with Crippen LogP contribution in [0.2, 0.25) is 0 Å². The Morgan fingerprint density at radius 2 is 1.72 bits per heavy atom. The molecule has 1 amide bonds. The third-order valence-electron chi connectivity index (χ3n) is 4.06. The van der Waals surface area contributed by atoms with Gasteiger partial charge in [0, 0.05) is 9.26 Å². The summed E-state index contributed by atoms with van der Waals surface area (Å²) in [6, 6.07) is 14.7. The van der Waals surface area contributed by atoms with Gasteiger partial charge in [0.2, 0.25) is 5.91 Å². The Kier molecular flexibility index (Phi) is 6.81. The molecule has 0 fully saturated rings. The Labute approximate surface area is 160 Å². The lowest BCUT2D eigenvalue weighted by Crippen LogP contribution is -2.33. The molecule has 0 aliphatic rings. The Morgan fingerprint density at radius 1 is 1.12 bits per heavy atom. The second-order valence-corrected chi connectivity index (χ2v) is 7.03. The van der Waals surface area contributed by atoms with Gasteiger partial charge in [0.25, 0.3) is 0 Å². The highest BCUT2D eigenvalue weighted by Gasteiger charge is 2.30. The lowest BCUT2D eigenvalue weighted by Gasteiger charge is -2.21. The largest absolute Gasteiger partial charge is 0.497 e. The fraction of sp³-hybridized carbons (Fsp3) is 0.263. The van der Waals surface area contributed by atoms with Crippen LogP contribution in [0.15, 0.2) is 48.5 Å². The summed E-state index contributed by atoms with van der Waals surface area (Å²) in [7, 11) is 1.58. The molecule has 6 heteroatoms. The van der Waals surface area contributed by atoms with Gasteiger partial charge in [0.1, 0.15) is 5.75 Å². The van der Waals surface area contributed by atoms with Gasteiger partial charge in [-0.25, -0.2) is 0 Å². The van der Waals surface area contributed by atoms with Gasteiger partial charge in [-0.15, -0.1) is 0 Å². The standard InChI is InChI=1S/C19H20INO4/c1-12(19(23)24)17(11-13-3-9-16(25-2)10-4-13)18(22)21-15-7-5-14(20)6-8-15/h3-10,12,17H,11H2,1-2H3,(H,21,22)(H,23,24)/t12-,17+/m0/s1. The van der Waals surface area contributed by atoms with E-state index >= 15 is 0 Å². The summed E-state index contributed by atoms with van der Waals surface area (Å²) in [5.74, 6) is -2.05. The van der Waals surface area contributed by atoms with Crippen molar-refractivity contribution in [1.82, 2.24) is 0 Å². The van der Waals surface area contributed by atoms with E-state index in [0.717, 1.165) is 14.9 Å². The lowest BCUT2D eigenvalue weighted by molar-refractivity contribution is -0.145. The number of halogens is 1. The Morgan fingerprint density at radius 3 is 2.24 bits per heavy atom. The molecule has 0 spiro atoms. The number of nitrogens with one attached hydrogen (secondary N) is 1. The second-order valence-electron chi connectivity index (χ2n) is 5.78. The molecular formula is C19H20INO4. The van der Waals surface area contributed by atoms with Crippen LogP contribution < -0.4 is 10.1 Å². The van der Waals surface area contributed by atoms with Crippen LogP contribution in [0.1, 0.15) is 12.5 Å². The van der Waals surface area contributed by atoms with E-state index in [4.69, 9.17) is 4.74 Å². The van der Waals surface area contributed by atoms with Crippen LogP contribution in [0.4, 0.5) is 5.69 Å². The van der Waals surface area contributed by atoms with Crippen LogP contribution in [-0.4, -0.2) is 24.1 Å². The summed E-state index contributed by atoms with van der Waals surface area (Å²) in [4.78, 5) is 24.1. The third-order valence-corrected chi connectivity index (χ3v) is 4.78. The molecule has 0 aliphatic heterocycles. The molecule has 2 aromatic rings. The highest BCUT2D eigenvalue weighted by Crippen LogP contribution is 2.22. The highest BCUT2D eigenvalue weighted by molar-refractivity contribution is 14.1. The number of anilines is 1. The number of hydrogen-bond donors (Lipinski definition) is 2. The minimum Gasteiger partial charge on any atom is -0.497 e. The summed E-state index contributed by atoms with van der Waals surface area (Å²) < 4.78 is 6.18. The van der Waals surface area contributed by atoms with Crippen molar-refractivity contribution in [2.24, 2.45) is 11.8 Å². The lowest BCUT2D eigenvalue weighted by atomic mass is 9.87. The monoisotopic (exact) mass is 453 g/mol. The summed E-state index contributed by atoms with van der Waals surface area (Å²) >= 11 is 2.18. The first-order valence-corrected chi connectivity index (χ1v) is 8.90. The van der Waals surface area contributed by atoms with Crippen LogP contribution in [0.5, 0.6) is 5.75 Å². The zero-order valence-electron chi connectivity index (χ0n) is 14.0. The number of benzene rings is 2. The van der Waals surface area contributed by atoms with E-state index < -0.39 is 17.8 Å². The van der Waals surface area contributed by atoms with E-state index in [9.17, 15) is 14.7 Å². The molecule has 0 heterocycles. The molecule has 0 saturated carbocycles. The molecule has 25 heavy (non-hydrogen) atoms. The van der Waals surface area contributed by atoms with E-state index in [0.29, 0.717) is 12.1 Å². The summed E-state index contributed by atoms with van der Waals surface area (Å²) in [5, 5.41) is 12.2. The predicted molar refractivity (Wildman–Crippen MR) is 105 cm³/mol. The molecule has 0 unspecified atom stereocenters. The number of amides is 1. The molecule has 0 aliphatic carbocycles. The van der Waals surface area contributed by atoms with Crippen molar-refractivity contribution < 1.29 is 19.4 Å². The molecule has 0 saturated heterocycles. The van der Waals surface area contributed by atoms with Crippen molar-refractivity contribution in [3.05, 3.63) is 57.7 Å². The van der Waals surface area contributed by atoms with E-state index in [1.54, 1.807) is 38.3 Å². The van der Waals surface area contributed by atoms with Gasteiger partial charge in [-0.05, 0) is 71.0 Å². The number of hydrogen-bond acceptors (Lipinski definition) is 3. The van der Waals surface area contributed by atoms with Crippen molar-refractivity contribution in [3.8, 4) is 5.75 Å². The number of ether oxygens (including phenoxy) is 1. The van der Waals surface area contributed by atoms with Crippen LogP contribution in [0, 0.1) is 15.4 Å². The van der Waals surface area contributed by atoms with Crippen LogP contribution in [-0.2, 0) is 16.0 Å². The first kappa shape index (κ1) is 19.2. The minimum absolute atomic E-state index is 0.299. The van der Waals surface area contributed by atoms with Crippen molar-refractivity contribution >= 4 is 40.2 Å². The Balaban J connectivity index is 2.17. The molecule has 0 aromatic heterocycles. The topological polar surface area (TPSA) is 75.6 Å². The van der Waals surface area contributed by atoms with Gasteiger partial charge in [-0.1, -0.05) is 19.1 Å². The summed E-state index contributed by atoms with van der Waals surface area (Å²) in [5.41, 5.74) is 1.54. The van der Waals surface area contributed by atoms with Gasteiger partial charge in [-0.2, -0.15) is 0 Å². The number of carboxylic acid groups (broad SMARTS) is 1. The molecule has 5 nitrogen and oxygen atoms in total. The molecule has 2 rings (SSSR count). The van der Waals surface area contributed by atoms with Gasteiger partial charge < -0.3 is 15.2 Å². The molecule has 0 bridgehead atoms. The molecule has 132 valence electrons. The first-order valence-electron chi connectivity index (χ1n) is 7.83. The van der Waals surface area contributed by atoms with E-state index in [2.05, 4.69) is 27.9 Å². The third kappa shape index (κ3) is 5.45. The quantitative estimate of drug-likeness (QED) is 0.626. The van der Waals surface area contributed by atoms with Gasteiger partial charge >= 0.3 is 5.97 Å². The maximum absolute atomic E-state index is 12.7. The second kappa shape index (κ2) is 8.84. The fourth-order valence-electron chi connectivity index (χ4n) is 2.45. The number of rotatable bonds is 7. The number of methoxy groups -OCH3 is 1. The van der Waals surface area contributed by atoms with E-state index in [1.807, 2.05) is 24.3 Å². The zero-order chi connectivity index (χ0) is 18.4. The highest BCUT2D eigenvalue weighted by atomic mass is 127. The maximum Gasteiger partial charge on any atom is 0.307 e. The average Bonchev–Trinajstić information content (AvgIpc) is 2.61. The zero-order valence-corrected chi connectivity index (χ0v) is 16.2.